The molecule has 0 spiro atoms. The van der Waals surface area contributed by atoms with Gasteiger partial charge in [0, 0.05) is 0 Å². The monoisotopic (exact) mass is 413 g/mol. The molecular formula is C26H23NO4. The van der Waals surface area contributed by atoms with Crippen molar-refractivity contribution in [3.8, 4) is 17.2 Å². The molecule has 0 saturated carbocycles. The topological polar surface area (TPSA) is 56.8 Å². The Labute approximate surface area is 181 Å². The van der Waals surface area contributed by atoms with Crippen molar-refractivity contribution in [1.29, 1.82) is 0 Å². The number of para-hydroxylation sites is 3. The number of fused-ring (bicyclic) bond motifs is 1. The molecule has 4 aromatic rings. The molecule has 0 unspecified atom stereocenters. The fourth-order valence-corrected chi connectivity index (χ4v) is 3.12. The Morgan fingerprint density at radius 1 is 0.645 bits per heavy atom. The summed E-state index contributed by atoms with van der Waals surface area (Å²) in [5.41, 5.74) is 0.592. The van der Waals surface area contributed by atoms with Crippen molar-refractivity contribution in [3.63, 3.8) is 0 Å². The Morgan fingerprint density at radius 2 is 1.35 bits per heavy atom. The SMILES string of the molecule is O=C(COc1ccc2ccccc2c1)Nc1ccccc1OCCOc1ccccc1. The molecule has 0 radical (unpaired) electrons. The normalized spacial score (nSPS) is 10.5. The molecule has 1 N–H and O–H groups in total. The van der Waals surface area contributed by atoms with E-state index >= 15 is 0 Å². The van der Waals surface area contributed by atoms with E-state index in [0.717, 1.165) is 16.5 Å². The van der Waals surface area contributed by atoms with Gasteiger partial charge >= 0.3 is 0 Å². The van der Waals surface area contributed by atoms with Gasteiger partial charge in [-0.1, -0.05) is 60.7 Å². The molecule has 0 fully saturated rings. The quantitative estimate of drug-likeness (QED) is 0.378. The van der Waals surface area contributed by atoms with Crippen LogP contribution in [-0.4, -0.2) is 25.7 Å². The smallest absolute Gasteiger partial charge is 0.262 e. The Morgan fingerprint density at radius 3 is 2.23 bits per heavy atom. The highest BCUT2D eigenvalue weighted by Crippen LogP contribution is 2.24. The average molecular weight is 413 g/mol. The van der Waals surface area contributed by atoms with E-state index in [4.69, 9.17) is 14.2 Å². The number of rotatable bonds is 9. The second-order valence-electron chi connectivity index (χ2n) is 6.85. The third-order valence-corrected chi connectivity index (χ3v) is 4.60. The summed E-state index contributed by atoms with van der Waals surface area (Å²) in [6, 6.07) is 30.6. The molecule has 0 aliphatic rings. The van der Waals surface area contributed by atoms with E-state index in [2.05, 4.69) is 5.32 Å². The molecule has 0 bridgehead atoms. The van der Waals surface area contributed by atoms with E-state index in [0.29, 0.717) is 30.4 Å². The first-order valence-electron chi connectivity index (χ1n) is 10.1. The Balaban J connectivity index is 1.28. The second kappa shape index (κ2) is 10.2. The number of nitrogens with one attached hydrogen (secondary N) is 1. The van der Waals surface area contributed by atoms with E-state index in [9.17, 15) is 4.79 Å². The van der Waals surface area contributed by atoms with Crippen LogP contribution in [0.2, 0.25) is 0 Å². The molecule has 0 saturated heterocycles. The minimum atomic E-state index is -0.259. The van der Waals surface area contributed by atoms with Crippen LogP contribution in [0.1, 0.15) is 0 Å². The first kappa shape index (κ1) is 20.3. The Bertz CT molecular complexity index is 1140. The van der Waals surface area contributed by atoms with Gasteiger partial charge in [-0.05, 0) is 47.2 Å². The summed E-state index contributed by atoms with van der Waals surface area (Å²) in [7, 11) is 0. The van der Waals surface area contributed by atoms with Gasteiger partial charge in [0.2, 0.25) is 0 Å². The molecule has 0 heterocycles. The fourth-order valence-electron chi connectivity index (χ4n) is 3.12. The van der Waals surface area contributed by atoms with Crippen molar-refractivity contribution in [2.24, 2.45) is 0 Å². The standard InChI is InChI=1S/C26H23NO4/c28-26(19-31-23-15-14-20-8-4-5-9-21(20)18-23)27-24-12-6-7-13-25(24)30-17-16-29-22-10-2-1-3-11-22/h1-15,18H,16-17,19H2,(H,27,28). The minimum absolute atomic E-state index is 0.0935. The molecule has 0 atom stereocenters. The van der Waals surface area contributed by atoms with E-state index in [1.807, 2.05) is 91.0 Å². The maximum Gasteiger partial charge on any atom is 0.262 e. The van der Waals surface area contributed by atoms with Gasteiger partial charge in [0.25, 0.3) is 5.91 Å². The summed E-state index contributed by atoms with van der Waals surface area (Å²) in [6.45, 7) is 0.663. The number of hydrogen-bond acceptors (Lipinski definition) is 4. The van der Waals surface area contributed by atoms with Crippen molar-refractivity contribution >= 4 is 22.4 Å². The van der Waals surface area contributed by atoms with Crippen LogP contribution in [0.15, 0.2) is 97.1 Å². The van der Waals surface area contributed by atoms with Crippen LogP contribution in [0.4, 0.5) is 5.69 Å². The highest BCUT2D eigenvalue weighted by Gasteiger charge is 2.09. The van der Waals surface area contributed by atoms with Crippen molar-refractivity contribution in [3.05, 3.63) is 97.1 Å². The largest absolute Gasteiger partial charge is 0.490 e. The van der Waals surface area contributed by atoms with Gasteiger partial charge in [0.05, 0.1) is 5.69 Å². The summed E-state index contributed by atoms with van der Waals surface area (Å²) >= 11 is 0. The number of anilines is 1. The number of ether oxygens (including phenoxy) is 3. The molecule has 31 heavy (non-hydrogen) atoms. The molecule has 4 aromatic carbocycles. The lowest BCUT2D eigenvalue weighted by atomic mass is 10.1. The van der Waals surface area contributed by atoms with Crippen LogP contribution < -0.4 is 19.5 Å². The molecule has 1 amide bonds. The molecule has 156 valence electrons. The summed E-state index contributed by atoms with van der Waals surface area (Å²) in [5.74, 6) is 1.76. The molecule has 4 rings (SSSR count). The maximum absolute atomic E-state index is 12.4. The Hall–Kier alpha value is -3.99. The highest BCUT2D eigenvalue weighted by molar-refractivity contribution is 5.93. The van der Waals surface area contributed by atoms with Crippen LogP contribution in [0, 0.1) is 0 Å². The number of carbonyl (C=O) groups is 1. The van der Waals surface area contributed by atoms with Crippen molar-refractivity contribution in [2.75, 3.05) is 25.1 Å². The van der Waals surface area contributed by atoms with Crippen molar-refractivity contribution in [1.82, 2.24) is 0 Å². The summed E-state index contributed by atoms with van der Waals surface area (Å²) in [5, 5.41) is 5.04. The van der Waals surface area contributed by atoms with Gasteiger partial charge in [-0.15, -0.1) is 0 Å². The minimum Gasteiger partial charge on any atom is -0.490 e. The first-order chi connectivity index (χ1) is 15.3. The zero-order valence-electron chi connectivity index (χ0n) is 17.0. The molecule has 0 aliphatic heterocycles. The van der Waals surface area contributed by atoms with E-state index in [-0.39, 0.29) is 12.5 Å². The third-order valence-electron chi connectivity index (χ3n) is 4.60. The van der Waals surface area contributed by atoms with E-state index in [1.165, 1.54) is 0 Å². The average Bonchev–Trinajstić information content (AvgIpc) is 2.82. The third kappa shape index (κ3) is 5.76. The van der Waals surface area contributed by atoms with Gasteiger partial charge in [0.1, 0.15) is 30.5 Å². The zero-order chi connectivity index (χ0) is 21.3. The van der Waals surface area contributed by atoms with Gasteiger partial charge in [-0.2, -0.15) is 0 Å². The maximum atomic E-state index is 12.4. The van der Waals surface area contributed by atoms with Crippen LogP contribution in [-0.2, 0) is 4.79 Å². The van der Waals surface area contributed by atoms with Gasteiger partial charge in [-0.3, -0.25) is 4.79 Å². The second-order valence-corrected chi connectivity index (χ2v) is 6.85. The summed E-state index contributed by atoms with van der Waals surface area (Å²) < 4.78 is 17.1. The summed E-state index contributed by atoms with van der Waals surface area (Å²) in [4.78, 5) is 12.4. The fraction of sp³-hybridized carbons (Fsp3) is 0.115. The van der Waals surface area contributed by atoms with Crippen LogP contribution in [0.3, 0.4) is 0 Å². The lowest BCUT2D eigenvalue weighted by Gasteiger charge is -2.13. The lowest BCUT2D eigenvalue weighted by Crippen LogP contribution is -2.21. The zero-order valence-corrected chi connectivity index (χ0v) is 17.0. The molecule has 5 nitrogen and oxygen atoms in total. The van der Waals surface area contributed by atoms with Crippen LogP contribution >= 0.6 is 0 Å². The predicted molar refractivity (Wildman–Crippen MR) is 122 cm³/mol. The van der Waals surface area contributed by atoms with Crippen LogP contribution in [0.5, 0.6) is 17.2 Å². The number of benzene rings is 4. The van der Waals surface area contributed by atoms with E-state index in [1.54, 1.807) is 6.07 Å². The number of carbonyl (C=O) groups excluding carboxylic acids is 1. The molecule has 0 aliphatic carbocycles. The van der Waals surface area contributed by atoms with Gasteiger partial charge in [0.15, 0.2) is 6.61 Å². The number of amides is 1. The molecular weight excluding hydrogens is 390 g/mol. The van der Waals surface area contributed by atoms with Crippen LogP contribution in [0.25, 0.3) is 10.8 Å². The highest BCUT2D eigenvalue weighted by atomic mass is 16.5. The first-order valence-corrected chi connectivity index (χ1v) is 10.1. The summed E-state index contributed by atoms with van der Waals surface area (Å²) in [6.07, 6.45) is 0. The molecule has 0 aromatic heterocycles. The van der Waals surface area contributed by atoms with Gasteiger partial charge < -0.3 is 19.5 Å². The van der Waals surface area contributed by atoms with Crippen molar-refractivity contribution < 1.29 is 19.0 Å². The van der Waals surface area contributed by atoms with Gasteiger partial charge in [-0.25, -0.2) is 0 Å². The predicted octanol–water partition coefficient (Wildman–Crippen LogP) is 5.32. The lowest BCUT2D eigenvalue weighted by molar-refractivity contribution is -0.118. The Kier molecular flexibility index (Phi) is 6.65. The van der Waals surface area contributed by atoms with Crippen molar-refractivity contribution in [2.45, 2.75) is 0 Å². The molecule has 5 heteroatoms. The number of hydrogen-bond donors (Lipinski definition) is 1. The van der Waals surface area contributed by atoms with E-state index < -0.39 is 0 Å².